The quantitative estimate of drug-likeness (QED) is 0.522. The molecule has 1 N–H and O–H groups in total. The molecule has 0 radical (unpaired) electrons. The van der Waals surface area contributed by atoms with Crippen molar-refractivity contribution in [3.63, 3.8) is 0 Å². The zero-order chi connectivity index (χ0) is 21.2. The SMILES string of the molecule is Cc1ccc(O[C@@H]2COc3ccc(OCc4ccc5ccccc5n4)cc3[C@@H]2O)cn1. The molecule has 6 nitrogen and oxygen atoms in total. The molecule has 0 amide bonds. The van der Waals surface area contributed by atoms with Crippen molar-refractivity contribution < 1.29 is 19.3 Å². The van der Waals surface area contributed by atoms with Crippen molar-refractivity contribution in [2.45, 2.75) is 25.7 Å². The second-order valence-electron chi connectivity index (χ2n) is 7.53. The summed E-state index contributed by atoms with van der Waals surface area (Å²) in [5.74, 6) is 1.86. The van der Waals surface area contributed by atoms with Crippen LogP contribution in [0.2, 0.25) is 0 Å². The molecular formula is C25H22N2O4. The Bertz CT molecular complexity index is 1210. The third-order valence-electron chi connectivity index (χ3n) is 5.27. The highest BCUT2D eigenvalue weighted by Gasteiger charge is 2.31. The second kappa shape index (κ2) is 8.24. The van der Waals surface area contributed by atoms with Crippen molar-refractivity contribution in [2.75, 3.05) is 6.61 Å². The minimum Gasteiger partial charge on any atom is -0.489 e. The van der Waals surface area contributed by atoms with Gasteiger partial charge in [0, 0.05) is 16.6 Å². The molecule has 0 bridgehead atoms. The summed E-state index contributed by atoms with van der Waals surface area (Å²) in [5.41, 5.74) is 3.31. The van der Waals surface area contributed by atoms with Gasteiger partial charge in [0.05, 0.1) is 17.4 Å². The van der Waals surface area contributed by atoms with Gasteiger partial charge in [-0.3, -0.25) is 4.98 Å². The van der Waals surface area contributed by atoms with E-state index >= 15 is 0 Å². The standard InChI is InChI=1S/C25H22N2O4/c1-16-6-9-20(13-26-16)31-24-15-30-23-11-10-19(12-21(23)25(24)28)29-14-18-8-7-17-4-2-3-5-22(17)27-18/h2-13,24-25,28H,14-15H2,1H3/t24-,25+/m1/s1. The predicted octanol–water partition coefficient (Wildman–Crippen LogP) is 4.39. The zero-order valence-corrected chi connectivity index (χ0v) is 17.1. The van der Waals surface area contributed by atoms with Gasteiger partial charge in [0.15, 0.2) is 6.10 Å². The Labute approximate surface area is 180 Å². The molecule has 2 atom stereocenters. The van der Waals surface area contributed by atoms with E-state index in [-0.39, 0.29) is 6.61 Å². The van der Waals surface area contributed by atoms with Gasteiger partial charge in [-0.25, -0.2) is 4.98 Å². The van der Waals surface area contributed by atoms with E-state index in [0.29, 0.717) is 29.4 Å². The molecule has 1 aliphatic rings. The van der Waals surface area contributed by atoms with Crippen LogP contribution in [-0.4, -0.2) is 27.8 Å². The number of aryl methyl sites for hydroxylation is 1. The third kappa shape index (κ3) is 4.15. The number of para-hydroxylation sites is 1. The number of pyridine rings is 2. The van der Waals surface area contributed by atoms with Gasteiger partial charge in [-0.2, -0.15) is 0 Å². The summed E-state index contributed by atoms with van der Waals surface area (Å²) in [6.07, 6.45) is 0.273. The van der Waals surface area contributed by atoms with Crippen LogP contribution in [0.5, 0.6) is 17.2 Å². The van der Waals surface area contributed by atoms with Gasteiger partial charge in [-0.15, -0.1) is 0 Å². The van der Waals surface area contributed by atoms with Crippen LogP contribution in [0.4, 0.5) is 0 Å². The maximum absolute atomic E-state index is 10.9. The minimum absolute atomic E-state index is 0.253. The highest BCUT2D eigenvalue weighted by molar-refractivity contribution is 5.78. The number of aromatic nitrogens is 2. The molecule has 156 valence electrons. The zero-order valence-electron chi connectivity index (χ0n) is 17.1. The molecule has 31 heavy (non-hydrogen) atoms. The van der Waals surface area contributed by atoms with Crippen LogP contribution >= 0.6 is 0 Å². The van der Waals surface area contributed by atoms with Gasteiger partial charge in [-0.05, 0) is 49.4 Å². The van der Waals surface area contributed by atoms with Gasteiger partial charge in [-0.1, -0.05) is 24.3 Å². The van der Waals surface area contributed by atoms with Crippen LogP contribution in [0.25, 0.3) is 10.9 Å². The van der Waals surface area contributed by atoms with E-state index < -0.39 is 12.2 Å². The number of hydrogen-bond donors (Lipinski definition) is 1. The molecule has 4 aromatic rings. The average Bonchev–Trinajstić information content (AvgIpc) is 2.81. The molecule has 2 aromatic heterocycles. The first-order valence-electron chi connectivity index (χ1n) is 10.2. The normalized spacial score (nSPS) is 17.6. The first-order chi connectivity index (χ1) is 15.2. The molecule has 5 rings (SSSR count). The van der Waals surface area contributed by atoms with Crippen LogP contribution in [0.1, 0.15) is 23.1 Å². The fourth-order valence-electron chi connectivity index (χ4n) is 3.59. The largest absolute Gasteiger partial charge is 0.489 e. The Balaban J connectivity index is 1.30. The van der Waals surface area contributed by atoms with E-state index in [0.717, 1.165) is 22.3 Å². The molecular weight excluding hydrogens is 392 g/mol. The smallest absolute Gasteiger partial charge is 0.163 e. The summed E-state index contributed by atoms with van der Waals surface area (Å²) in [6.45, 7) is 2.49. The van der Waals surface area contributed by atoms with Crippen molar-refractivity contribution in [3.8, 4) is 17.2 Å². The molecule has 6 heteroatoms. The maximum atomic E-state index is 10.9. The first kappa shape index (κ1) is 19.3. The van der Waals surface area contributed by atoms with Crippen molar-refractivity contribution in [2.24, 2.45) is 0 Å². The summed E-state index contributed by atoms with van der Waals surface area (Å²) in [5, 5.41) is 12.0. The van der Waals surface area contributed by atoms with Crippen LogP contribution in [0.15, 0.2) is 72.9 Å². The van der Waals surface area contributed by atoms with Gasteiger partial charge in [0.25, 0.3) is 0 Å². The van der Waals surface area contributed by atoms with E-state index in [2.05, 4.69) is 9.97 Å². The fraction of sp³-hybridized carbons (Fsp3) is 0.200. The number of fused-ring (bicyclic) bond motifs is 2. The Morgan fingerprint density at radius 2 is 1.90 bits per heavy atom. The average molecular weight is 414 g/mol. The Hall–Kier alpha value is -3.64. The number of nitrogens with zero attached hydrogens (tertiary/aromatic N) is 2. The molecule has 1 aliphatic heterocycles. The topological polar surface area (TPSA) is 73.7 Å². The molecule has 0 unspecified atom stereocenters. The molecule has 0 saturated carbocycles. The summed E-state index contributed by atoms with van der Waals surface area (Å²) < 4.78 is 17.6. The lowest BCUT2D eigenvalue weighted by Crippen LogP contribution is -2.35. The summed E-state index contributed by atoms with van der Waals surface area (Å²) >= 11 is 0. The van der Waals surface area contributed by atoms with Gasteiger partial charge in [0.2, 0.25) is 0 Å². The van der Waals surface area contributed by atoms with Gasteiger partial charge >= 0.3 is 0 Å². The number of rotatable bonds is 5. The number of aliphatic hydroxyl groups excluding tert-OH is 1. The summed E-state index contributed by atoms with van der Waals surface area (Å²) in [4.78, 5) is 8.86. The fourth-order valence-corrected chi connectivity index (χ4v) is 3.59. The van der Waals surface area contributed by atoms with Crippen molar-refractivity contribution in [1.29, 1.82) is 0 Å². The molecule has 0 aliphatic carbocycles. The lowest BCUT2D eigenvalue weighted by Gasteiger charge is -2.30. The number of ether oxygens (including phenoxy) is 3. The van der Waals surface area contributed by atoms with Crippen LogP contribution in [0.3, 0.4) is 0 Å². The van der Waals surface area contributed by atoms with Gasteiger partial charge < -0.3 is 19.3 Å². The van der Waals surface area contributed by atoms with E-state index in [1.165, 1.54) is 0 Å². The number of aliphatic hydroxyl groups is 1. The molecule has 0 spiro atoms. The monoisotopic (exact) mass is 414 g/mol. The lowest BCUT2D eigenvalue weighted by atomic mass is 10.0. The van der Waals surface area contributed by atoms with Crippen LogP contribution in [-0.2, 0) is 6.61 Å². The van der Waals surface area contributed by atoms with E-state index in [9.17, 15) is 5.11 Å². The van der Waals surface area contributed by atoms with Crippen molar-refractivity contribution in [1.82, 2.24) is 9.97 Å². The first-order valence-corrected chi connectivity index (χ1v) is 10.2. The third-order valence-corrected chi connectivity index (χ3v) is 5.27. The Morgan fingerprint density at radius 3 is 2.77 bits per heavy atom. The van der Waals surface area contributed by atoms with Crippen LogP contribution in [0, 0.1) is 6.92 Å². The highest BCUT2D eigenvalue weighted by atomic mass is 16.5. The van der Waals surface area contributed by atoms with E-state index in [1.807, 2.05) is 67.6 Å². The maximum Gasteiger partial charge on any atom is 0.163 e. The molecule has 0 fully saturated rings. The lowest BCUT2D eigenvalue weighted by molar-refractivity contribution is -0.0106. The number of hydrogen-bond acceptors (Lipinski definition) is 6. The summed E-state index contributed by atoms with van der Waals surface area (Å²) in [6, 6.07) is 21.1. The van der Waals surface area contributed by atoms with Gasteiger partial charge in [0.1, 0.15) is 36.6 Å². The minimum atomic E-state index is -0.840. The Kier molecular flexibility index (Phi) is 5.14. The van der Waals surface area contributed by atoms with E-state index in [4.69, 9.17) is 14.2 Å². The molecule has 3 heterocycles. The molecule has 0 saturated heterocycles. The van der Waals surface area contributed by atoms with Crippen molar-refractivity contribution >= 4 is 10.9 Å². The predicted molar refractivity (Wildman–Crippen MR) is 116 cm³/mol. The Morgan fingerprint density at radius 1 is 1.03 bits per heavy atom. The van der Waals surface area contributed by atoms with E-state index in [1.54, 1.807) is 12.3 Å². The summed E-state index contributed by atoms with van der Waals surface area (Å²) in [7, 11) is 0. The second-order valence-corrected chi connectivity index (χ2v) is 7.53. The van der Waals surface area contributed by atoms with Crippen molar-refractivity contribution in [3.05, 3.63) is 89.9 Å². The highest BCUT2D eigenvalue weighted by Crippen LogP contribution is 2.36. The number of benzene rings is 2. The molecule has 2 aromatic carbocycles. The van der Waals surface area contributed by atoms with Crippen LogP contribution < -0.4 is 14.2 Å².